The predicted octanol–water partition coefficient (Wildman–Crippen LogP) is 1.01. The van der Waals surface area contributed by atoms with Gasteiger partial charge < -0.3 is 15.1 Å². The molecule has 0 spiro atoms. The van der Waals surface area contributed by atoms with Gasteiger partial charge in [-0.05, 0) is 44.9 Å². The Morgan fingerprint density at radius 3 is 2.69 bits per heavy atom. The van der Waals surface area contributed by atoms with Crippen molar-refractivity contribution in [3.63, 3.8) is 0 Å². The molecule has 2 rings (SSSR count). The van der Waals surface area contributed by atoms with Gasteiger partial charge in [-0.25, -0.2) is 0 Å². The molecule has 2 heterocycles. The minimum absolute atomic E-state index is 0.800. The lowest BCUT2D eigenvalue weighted by atomic mass is 9.94. The molecule has 1 N–H and O–H groups in total. The molecule has 94 valence electrons. The van der Waals surface area contributed by atoms with Crippen molar-refractivity contribution in [1.29, 1.82) is 0 Å². The van der Waals surface area contributed by atoms with Gasteiger partial charge in [-0.15, -0.1) is 0 Å². The molecule has 0 aromatic rings. The second-order valence-corrected chi connectivity index (χ2v) is 5.23. The highest BCUT2D eigenvalue weighted by Crippen LogP contribution is 2.26. The Morgan fingerprint density at radius 2 is 1.94 bits per heavy atom. The molecule has 0 saturated carbocycles. The van der Waals surface area contributed by atoms with E-state index in [0.29, 0.717) is 0 Å². The Morgan fingerprint density at radius 1 is 1.19 bits per heavy atom. The summed E-state index contributed by atoms with van der Waals surface area (Å²) in [4.78, 5) is 5.12. The highest BCUT2D eigenvalue weighted by atomic mass is 15.2. The van der Waals surface area contributed by atoms with Gasteiger partial charge in [0.05, 0.1) is 0 Å². The average molecular weight is 225 g/mol. The zero-order chi connectivity index (χ0) is 11.4. The maximum atomic E-state index is 3.78. The number of hydrogen-bond acceptors (Lipinski definition) is 3. The van der Waals surface area contributed by atoms with Crippen molar-refractivity contribution in [1.82, 2.24) is 15.1 Å². The molecule has 2 aliphatic heterocycles. The molecule has 0 aliphatic carbocycles. The summed E-state index contributed by atoms with van der Waals surface area (Å²) >= 11 is 0. The maximum absolute atomic E-state index is 3.78. The van der Waals surface area contributed by atoms with Crippen LogP contribution in [0.25, 0.3) is 0 Å². The van der Waals surface area contributed by atoms with Crippen LogP contribution in [0.15, 0.2) is 0 Å². The lowest BCUT2D eigenvalue weighted by molar-refractivity contribution is 0.213. The summed E-state index contributed by atoms with van der Waals surface area (Å²) in [5, 5.41) is 3.78. The number of rotatable bonds is 6. The van der Waals surface area contributed by atoms with E-state index in [-0.39, 0.29) is 0 Å². The third kappa shape index (κ3) is 2.96. The SMILES string of the molecule is CCN(CC)CCNC1CCN2CCC1C2. The fourth-order valence-electron chi connectivity index (χ4n) is 3.17. The summed E-state index contributed by atoms with van der Waals surface area (Å²) in [5.74, 6) is 0.936. The van der Waals surface area contributed by atoms with Gasteiger partial charge in [-0.1, -0.05) is 13.8 Å². The number of nitrogens with zero attached hydrogens (tertiary/aromatic N) is 2. The van der Waals surface area contributed by atoms with Crippen LogP contribution < -0.4 is 5.32 Å². The van der Waals surface area contributed by atoms with Crippen molar-refractivity contribution < 1.29 is 0 Å². The molecule has 2 aliphatic rings. The quantitative estimate of drug-likeness (QED) is 0.728. The van der Waals surface area contributed by atoms with Crippen LogP contribution >= 0.6 is 0 Å². The highest BCUT2D eigenvalue weighted by Gasteiger charge is 2.33. The molecule has 2 saturated heterocycles. The monoisotopic (exact) mass is 225 g/mol. The molecule has 0 aromatic heterocycles. The van der Waals surface area contributed by atoms with E-state index < -0.39 is 0 Å². The van der Waals surface area contributed by atoms with Crippen molar-refractivity contribution in [3.05, 3.63) is 0 Å². The summed E-state index contributed by atoms with van der Waals surface area (Å²) in [6.07, 6.45) is 2.78. The van der Waals surface area contributed by atoms with Gasteiger partial charge in [0.25, 0.3) is 0 Å². The van der Waals surface area contributed by atoms with E-state index in [0.717, 1.165) is 12.0 Å². The van der Waals surface area contributed by atoms with Crippen LogP contribution in [0.3, 0.4) is 0 Å². The van der Waals surface area contributed by atoms with Gasteiger partial charge in [0.15, 0.2) is 0 Å². The lowest BCUT2D eigenvalue weighted by Crippen LogP contribution is -2.46. The van der Waals surface area contributed by atoms with Crippen molar-refractivity contribution in [2.24, 2.45) is 5.92 Å². The molecular weight excluding hydrogens is 198 g/mol. The standard InChI is InChI=1S/C13H27N3/c1-3-15(4-2)10-7-14-13-6-9-16-8-5-12(13)11-16/h12-14H,3-11H2,1-2H3. The number of fused-ring (bicyclic) bond motifs is 2. The summed E-state index contributed by atoms with van der Waals surface area (Å²) in [5.41, 5.74) is 0. The molecule has 3 nitrogen and oxygen atoms in total. The molecule has 16 heavy (non-hydrogen) atoms. The van der Waals surface area contributed by atoms with Crippen LogP contribution in [0.4, 0.5) is 0 Å². The average Bonchev–Trinajstić information content (AvgIpc) is 2.70. The maximum Gasteiger partial charge on any atom is 0.0121 e. The Kier molecular flexibility index (Phi) is 4.62. The Bertz CT molecular complexity index is 203. The second-order valence-electron chi connectivity index (χ2n) is 5.23. The fraction of sp³-hybridized carbons (Fsp3) is 1.00. The van der Waals surface area contributed by atoms with Crippen LogP contribution in [0.1, 0.15) is 26.7 Å². The zero-order valence-electron chi connectivity index (χ0n) is 10.9. The molecular formula is C13H27N3. The number of hydrogen-bond donors (Lipinski definition) is 1. The van der Waals surface area contributed by atoms with Gasteiger partial charge in [0.2, 0.25) is 0 Å². The van der Waals surface area contributed by atoms with Gasteiger partial charge in [-0.3, -0.25) is 0 Å². The van der Waals surface area contributed by atoms with Crippen molar-refractivity contribution >= 4 is 0 Å². The lowest BCUT2D eigenvalue weighted by Gasteiger charge is -2.31. The van der Waals surface area contributed by atoms with Crippen LogP contribution in [-0.4, -0.2) is 61.7 Å². The summed E-state index contributed by atoms with van der Waals surface area (Å²) in [6.45, 7) is 13.3. The number of piperidine rings is 1. The molecule has 2 fully saturated rings. The van der Waals surface area contributed by atoms with Crippen molar-refractivity contribution in [3.8, 4) is 0 Å². The van der Waals surface area contributed by atoms with E-state index in [2.05, 4.69) is 29.0 Å². The molecule has 0 radical (unpaired) electrons. The molecule has 2 bridgehead atoms. The third-order valence-electron chi connectivity index (χ3n) is 4.36. The topological polar surface area (TPSA) is 18.5 Å². The number of nitrogens with one attached hydrogen (secondary N) is 1. The van der Waals surface area contributed by atoms with Gasteiger partial charge in [0.1, 0.15) is 0 Å². The minimum Gasteiger partial charge on any atom is -0.312 e. The van der Waals surface area contributed by atoms with E-state index >= 15 is 0 Å². The van der Waals surface area contributed by atoms with Crippen molar-refractivity contribution in [2.75, 3.05) is 45.8 Å². The molecule has 3 atom stereocenters. The van der Waals surface area contributed by atoms with E-state index in [4.69, 9.17) is 0 Å². The smallest absolute Gasteiger partial charge is 0.0121 e. The summed E-state index contributed by atoms with van der Waals surface area (Å²) in [6, 6.07) is 0.800. The van der Waals surface area contributed by atoms with E-state index in [1.165, 1.54) is 58.7 Å². The van der Waals surface area contributed by atoms with Crippen LogP contribution in [0, 0.1) is 5.92 Å². The normalized spacial score (nSPS) is 33.6. The molecule has 3 unspecified atom stereocenters. The largest absolute Gasteiger partial charge is 0.312 e. The first kappa shape index (κ1) is 12.3. The van der Waals surface area contributed by atoms with Gasteiger partial charge in [0, 0.05) is 25.7 Å². The van der Waals surface area contributed by atoms with Gasteiger partial charge >= 0.3 is 0 Å². The van der Waals surface area contributed by atoms with Crippen LogP contribution in [0.5, 0.6) is 0 Å². The van der Waals surface area contributed by atoms with E-state index in [1.54, 1.807) is 0 Å². The Hall–Kier alpha value is -0.120. The van der Waals surface area contributed by atoms with E-state index in [9.17, 15) is 0 Å². The fourth-order valence-corrected chi connectivity index (χ4v) is 3.17. The van der Waals surface area contributed by atoms with Crippen LogP contribution in [-0.2, 0) is 0 Å². The first-order valence-corrected chi connectivity index (χ1v) is 7.01. The number of likely N-dealkylation sites (N-methyl/N-ethyl adjacent to an activating group) is 1. The molecule has 0 amide bonds. The second kappa shape index (κ2) is 5.99. The third-order valence-corrected chi connectivity index (χ3v) is 4.36. The first-order valence-electron chi connectivity index (χ1n) is 7.01. The van der Waals surface area contributed by atoms with Gasteiger partial charge in [-0.2, -0.15) is 0 Å². The summed E-state index contributed by atoms with van der Waals surface area (Å²) in [7, 11) is 0. The molecule has 3 heteroatoms. The van der Waals surface area contributed by atoms with Crippen LogP contribution in [0.2, 0.25) is 0 Å². The first-order chi connectivity index (χ1) is 7.83. The predicted molar refractivity (Wildman–Crippen MR) is 68.7 cm³/mol. The molecule has 0 aromatic carbocycles. The highest BCUT2D eigenvalue weighted by molar-refractivity contribution is 4.90. The van der Waals surface area contributed by atoms with E-state index in [1.807, 2.05) is 0 Å². The Labute approximate surface area is 100 Å². The van der Waals surface area contributed by atoms with Crippen molar-refractivity contribution in [2.45, 2.75) is 32.7 Å². The zero-order valence-corrected chi connectivity index (χ0v) is 10.9. The minimum atomic E-state index is 0.800. The Balaban J connectivity index is 1.66. The summed E-state index contributed by atoms with van der Waals surface area (Å²) < 4.78 is 0.